The molecule has 12 heavy (non-hydrogen) atoms. The quantitative estimate of drug-likeness (QED) is 0.570. The van der Waals surface area contributed by atoms with Crippen molar-refractivity contribution < 1.29 is 14.6 Å². The molecule has 0 bridgehead atoms. The van der Waals surface area contributed by atoms with Gasteiger partial charge >= 0.3 is 0 Å². The highest BCUT2D eigenvalue weighted by Crippen LogP contribution is 2.13. The molecule has 0 aromatic heterocycles. The maximum atomic E-state index is 10.7. The monoisotopic (exact) mass is 173 g/mol. The Morgan fingerprint density at radius 2 is 2.33 bits per heavy atom. The van der Waals surface area contributed by atoms with Crippen LogP contribution in [0.25, 0.3) is 0 Å². The first-order chi connectivity index (χ1) is 5.59. The number of hydrogen-bond acceptors (Lipinski definition) is 3. The van der Waals surface area contributed by atoms with Gasteiger partial charge in [0.05, 0.1) is 24.9 Å². The third kappa shape index (κ3) is 2.46. The summed E-state index contributed by atoms with van der Waals surface area (Å²) in [5.41, 5.74) is 0. The van der Waals surface area contributed by atoms with E-state index >= 15 is 0 Å². The fourth-order valence-electron chi connectivity index (χ4n) is 1.38. The summed E-state index contributed by atoms with van der Waals surface area (Å²) in [6.07, 6.45) is 0.233. The van der Waals surface area contributed by atoms with Crippen LogP contribution in [0.4, 0.5) is 0 Å². The Bertz CT molecular complexity index is 172. The zero-order valence-corrected chi connectivity index (χ0v) is 7.41. The van der Waals surface area contributed by atoms with Crippen molar-refractivity contribution in [2.75, 3.05) is 6.61 Å². The molecule has 1 aliphatic rings. The van der Waals surface area contributed by atoms with E-state index in [0.29, 0.717) is 13.0 Å². The van der Waals surface area contributed by atoms with Gasteiger partial charge in [0.25, 0.3) is 0 Å². The first-order valence-electron chi connectivity index (χ1n) is 4.16. The molecule has 3 atom stereocenters. The minimum atomic E-state index is -0.565. The van der Waals surface area contributed by atoms with Crippen molar-refractivity contribution in [3.05, 3.63) is 0 Å². The number of amides is 1. The molecule has 1 aliphatic heterocycles. The number of aliphatic hydroxyl groups is 1. The Balaban J connectivity index is 2.43. The molecule has 1 heterocycles. The van der Waals surface area contributed by atoms with E-state index in [1.807, 2.05) is 6.92 Å². The average Bonchev–Trinajstić information content (AvgIpc) is 1.96. The first-order valence-corrected chi connectivity index (χ1v) is 4.16. The minimum absolute atomic E-state index is 0.104. The fraction of sp³-hybridized carbons (Fsp3) is 0.875. The maximum absolute atomic E-state index is 10.7. The molecule has 0 unspecified atom stereocenters. The Hall–Kier alpha value is -0.610. The molecular weight excluding hydrogens is 158 g/mol. The van der Waals surface area contributed by atoms with E-state index in [2.05, 4.69) is 5.32 Å². The van der Waals surface area contributed by atoms with Gasteiger partial charge in [-0.1, -0.05) is 0 Å². The molecule has 0 aromatic rings. The largest absolute Gasteiger partial charge is 0.389 e. The lowest BCUT2D eigenvalue weighted by Crippen LogP contribution is -2.50. The van der Waals surface area contributed by atoms with Crippen molar-refractivity contribution in [3.63, 3.8) is 0 Å². The standard InChI is InChI=1S/C8H15NO3/c1-5-3-7(9-6(2)10)8(11)4-12-5/h5,7-8,11H,3-4H2,1-2H3,(H,9,10)/t5-,7-,8+/m1/s1. The number of aliphatic hydroxyl groups excluding tert-OH is 1. The van der Waals surface area contributed by atoms with Crippen molar-refractivity contribution in [2.45, 2.75) is 38.5 Å². The molecule has 2 N–H and O–H groups in total. The number of carbonyl (C=O) groups excluding carboxylic acids is 1. The van der Waals surface area contributed by atoms with E-state index < -0.39 is 6.10 Å². The first kappa shape index (κ1) is 9.48. The summed E-state index contributed by atoms with van der Waals surface area (Å²) in [6, 6.07) is -0.147. The van der Waals surface area contributed by atoms with Gasteiger partial charge in [0.1, 0.15) is 0 Å². The summed E-state index contributed by atoms with van der Waals surface area (Å²) < 4.78 is 5.20. The van der Waals surface area contributed by atoms with Gasteiger partial charge in [-0.2, -0.15) is 0 Å². The van der Waals surface area contributed by atoms with Crippen LogP contribution in [0.1, 0.15) is 20.3 Å². The van der Waals surface area contributed by atoms with Crippen molar-refractivity contribution in [2.24, 2.45) is 0 Å². The van der Waals surface area contributed by atoms with Crippen molar-refractivity contribution >= 4 is 5.91 Å². The van der Waals surface area contributed by atoms with Gasteiger partial charge in [-0.05, 0) is 13.3 Å². The summed E-state index contributed by atoms with van der Waals surface area (Å²) in [7, 11) is 0. The topological polar surface area (TPSA) is 58.6 Å². The number of carbonyl (C=O) groups is 1. The van der Waals surface area contributed by atoms with E-state index in [1.54, 1.807) is 0 Å². The third-order valence-electron chi connectivity index (χ3n) is 1.99. The van der Waals surface area contributed by atoms with Crippen molar-refractivity contribution in [1.82, 2.24) is 5.32 Å². The maximum Gasteiger partial charge on any atom is 0.217 e. The molecular formula is C8H15NO3. The van der Waals surface area contributed by atoms with Crippen LogP contribution in [-0.4, -0.2) is 35.9 Å². The Kier molecular flexibility index (Phi) is 3.05. The van der Waals surface area contributed by atoms with Crippen LogP contribution in [0.3, 0.4) is 0 Å². The number of ether oxygens (including phenoxy) is 1. The lowest BCUT2D eigenvalue weighted by Gasteiger charge is -2.32. The Labute approximate surface area is 71.9 Å². The molecule has 0 aliphatic carbocycles. The summed E-state index contributed by atoms with van der Waals surface area (Å²) in [5.74, 6) is -0.104. The highest BCUT2D eigenvalue weighted by atomic mass is 16.5. The van der Waals surface area contributed by atoms with Gasteiger partial charge in [0.2, 0.25) is 5.91 Å². The van der Waals surface area contributed by atoms with Crippen molar-refractivity contribution in [3.8, 4) is 0 Å². The van der Waals surface area contributed by atoms with Crippen molar-refractivity contribution in [1.29, 1.82) is 0 Å². The molecule has 0 spiro atoms. The summed E-state index contributed by atoms with van der Waals surface area (Å²) in [4.78, 5) is 10.7. The van der Waals surface area contributed by atoms with Gasteiger partial charge in [-0.3, -0.25) is 4.79 Å². The average molecular weight is 173 g/mol. The summed E-state index contributed by atoms with van der Waals surface area (Å²) in [5, 5.41) is 12.1. The lowest BCUT2D eigenvalue weighted by atomic mass is 10.0. The van der Waals surface area contributed by atoms with Crippen LogP contribution < -0.4 is 5.32 Å². The number of rotatable bonds is 1. The van der Waals surface area contributed by atoms with Gasteiger partial charge in [0, 0.05) is 6.92 Å². The van der Waals surface area contributed by atoms with Gasteiger partial charge in [-0.25, -0.2) is 0 Å². The molecule has 4 heteroatoms. The predicted octanol–water partition coefficient (Wildman–Crippen LogP) is -0.339. The van der Waals surface area contributed by atoms with Crippen LogP contribution in [-0.2, 0) is 9.53 Å². The minimum Gasteiger partial charge on any atom is -0.389 e. The van der Waals surface area contributed by atoms with Crippen LogP contribution in [0, 0.1) is 0 Å². The van der Waals surface area contributed by atoms with E-state index in [0.717, 1.165) is 0 Å². The lowest BCUT2D eigenvalue weighted by molar-refractivity contribution is -0.123. The zero-order valence-electron chi connectivity index (χ0n) is 7.41. The summed E-state index contributed by atoms with van der Waals surface area (Å²) in [6.45, 7) is 3.69. The molecule has 1 saturated heterocycles. The van der Waals surface area contributed by atoms with E-state index in [-0.39, 0.29) is 18.1 Å². The number of hydrogen-bond donors (Lipinski definition) is 2. The van der Waals surface area contributed by atoms with E-state index in [9.17, 15) is 9.90 Å². The smallest absolute Gasteiger partial charge is 0.217 e. The molecule has 1 amide bonds. The Morgan fingerprint density at radius 1 is 1.67 bits per heavy atom. The van der Waals surface area contributed by atoms with Gasteiger partial charge < -0.3 is 15.2 Å². The molecule has 0 aromatic carbocycles. The molecule has 0 radical (unpaired) electrons. The second-order valence-corrected chi connectivity index (χ2v) is 3.25. The zero-order chi connectivity index (χ0) is 9.14. The van der Waals surface area contributed by atoms with Crippen LogP contribution in [0.2, 0.25) is 0 Å². The second-order valence-electron chi connectivity index (χ2n) is 3.25. The van der Waals surface area contributed by atoms with Gasteiger partial charge in [-0.15, -0.1) is 0 Å². The fourth-order valence-corrected chi connectivity index (χ4v) is 1.38. The second kappa shape index (κ2) is 3.87. The molecule has 0 saturated carbocycles. The molecule has 1 fully saturated rings. The normalized spacial score (nSPS) is 36.1. The van der Waals surface area contributed by atoms with Crippen LogP contribution >= 0.6 is 0 Å². The predicted molar refractivity (Wildman–Crippen MR) is 43.6 cm³/mol. The highest BCUT2D eigenvalue weighted by Gasteiger charge is 2.27. The van der Waals surface area contributed by atoms with Crippen LogP contribution in [0.5, 0.6) is 0 Å². The molecule has 4 nitrogen and oxygen atoms in total. The third-order valence-corrected chi connectivity index (χ3v) is 1.99. The molecule has 1 rings (SSSR count). The van der Waals surface area contributed by atoms with Crippen LogP contribution in [0.15, 0.2) is 0 Å². The Morgan fingerprint density at radius 3 is 2.92 bits per heavy atom. The van der Waals surface area contributed by atoms with E-state index in [4.69, 9.17) is 4.74 Å². The summed E-state index contributed by atoms with van der Waals surface area (Å²) >= 11 is 0. The SMILES string of the molecule is CC(=O)N[C@@H]1C[C@@H](C)OC[C@@H]1O. The molecule has 70 valence electrons. The van der Waals surface area contributed by atoms with E-state index in [1.165, 1.54) is 6.92 Å². The van der Waals surface area contributed by atoms with Gasteiger partial charge in [0.15, 0.2) is 0 Å². The highest BCUT2D eigenvalue weighted by molar-refractivity contribution is 5.73. The number of nitrogens with one attached hydrogen (secondary N) is 1.